The van der Waals surface area contributed by atoms with Crippen LogP contribution in [0.15, 0.2) is 53.6 Å². The van der Waals surface area contributed by atoms with E-state index in [0.717, 1.165) is 11.3 Å². The first kappa shape index (κ1) is 12.2. The summed E-state index contributed by atoms with van der Waals surface area (Å²) in [5.41, 5.74) is 5.16. The highest BCUT2D eigenvalue weighted by Crippen LogP contribution is 2.20. The maximum absolute atomic E-state index is 8.67. The summed E-state index contributed by atoms with van der Waals surface area (Å²) in [5, 5.41) is 13.4. The van der Waals surface area contributed by atoms with E-state index in [-0.39, 0.29) is 0 Å². The molecule has 2 aromatic carbocycles. The van der Waals surface area contributed by atoms with Crippen molar-refractivity contribution in [2.75, 3.05) is 5.43 Å². The molecule has 0 aromatic heterocycles. The summed E-state index contributed by atoms with van der Waals surface area (Å²) in [6.07, 6.45) is 1.67. The van der Waals surface area contributed by atoms with Crippen molar-refractivity contribution in [1.82, 2.24) is 0 Å². The number of halogens is 1. The first-order chi connectivity index (χ1) is 8.79. The first-order valence-corrected chi connectivity index (χ1v) is 5.71. The molecule has 0 spiro atoms. The van der Waals surface area contributed by atoms with Crippen LogP contribution in [0.5, 0.6) is 0 Å². The molecule has 1 N–H and O–H groups in total. The molecular weight excluding hydrogens is 246 g/mol. The number of hydrogen-bond acceptors (Lipinski definition) is 3. The van der Waals surface area contributed by atoms with Crippen molar-refractivity contribution in [3.63, 3.8) is 0 Å². The molecule has 0 amide bonds. The summed E-state index contributed by atoms with van der Waals surface area (Å²) in [7, 11) is 0. The predicted octanol–water partition coefficient (Wildman–Crippen LogP) is 3.66. The third kappa shape index (κ3) is 3.09. The van der Waals surface area contributed by atoms with Gasteiger partial charge in [-0.2, -0.15) is 10.4 Å². The number of anilines is 1. The van der Waals surface area contributed by atoms with E-state index < -0.39 is 0 Å². The number of hydrogen-bond donors (Lipinski definition) is 1. The summed E-state index contributed by atoms with van der Waals surface area (Å²) in [6, 6.07) is 16.6. The minimum atomic E-state index is 0.620. The molecule has 3 nitrogen and oxygen atoms in total. The van der Waals surface area contributed by atoms with Crippen molar-refractivity contribution in [3.8, 4) is 6.07 Å². The Kier molecular flexibility index (Phi) is 3.95. The predicted molar refractivity (Wildman–Crippen MR) is 73.8 cm³/mol. The number of hydrazone groups is 1. The Morgan fingerprint density at radius 3 is 2.50 bits per heavy atom. The summed E-state index contributed by atoms with van der Waals surface area (Å²) >= 11 is 5.97. The molecule has 0 radical (unpaired) electrons. The average molecular weight is 256 g/mol. The van der Waals surface area contributed by atoms with Crippen molar-refractivity contribution < 1.29 is 0 Å². The summed E-state index contributed by atoms with van der Waals surface area (Å²) < 4.78 is 0. The second kappa shape index (κ2) is 5.85. The van der Waals surface area contributed by atoms with Crippen LogP contribution in [0, 0.1) is 11.3 Å². The number of nitrogens with zero attached hydrogens (tertiary/aromatic N) is 2. The zero-order valence-electron chi connectivity index (χ0n) is 9.47. The van der Waals surface area contributed by atoms with Gasteiger partial charge < -0.3 is 0 Å². The Hall–Kier alpha value is -2.31. The van der Waals surface area contributed by atoms with Crippen LogP contribution in [0.3, 0.4) is 0 Å². The van der Waals surface area contributed by atoms with Gasteiger partial charge in [0, 0.05) is 0 Å². The monoisotopic (exact) mass is 255 g/mol. The van der Waals surface area contributed by atoms with Crippen LogP contribution in [0.4, 0.5) is 5.69 Å². The van der Waals surface area contributed by atoms with Crippen LogP contribution in [0.2, 0.25) is 5.02 Å². The van der Waals surface area contributed by atoms with Gasteiger partial charge in [-0.25, -0.2) is 0 Å². The molecule has 0 atom stereocenters. The van der Waals surface area contributed by atoms with Crippen LogP contribution < -0.4 is 5.43 Å². The van der Waals surface area contributed by atoms with Gasteiger partial charge in [-0.15, -0.1) is 0 Å². The summed E-state index contributed by atoms with van der Waals surface area (Å²) in [6.45, 7) is 0. The molecular formula is C14H10ClN3. The fourth-order valence-electron chi connectivity index (χ4n) is 1.37. The molecule has 2 aromatic rings. The van der Waals surface area contributed by atoms with Gasteiger partial charge >= 0.3 is 0 Å². The molecule has 0 aliphatic heterocycles. The van der Waals surface area contributed by atoms with Crippen LogP contribution in [-0.2, 0) is 0 Å². The minimum Gasteiger partial charge on any atom is -0.277 e. The van der Waals surface area contributed by atoms with Gasteiger partial charge in [0.15, 0.2) is 0 Å². The normalized spacial score (nSPS) is 10.2. The van der Waals surface area contributed by atoms with E-state index in [0.29, 0.717) is 10.6 Å². The van der Waals surface area contributed by atoms with Gasteiger partial charge in [0.05, 0.1) is 28.6 Å². The van der Waals surface area contributed by atoms with Gasteiger partial charge in [0.25, 0.3) is 0 Å². The SMILES string of the molecule is N#Cc1ccc(C=NNc2ccccc2Cl)cc1. The van der Waals surface area contributed by atoms with E-state index in [9.17, 15) is 0 Å². The third-order valence-corrected chi connectivity index (χ3v) is 2.64. The third-order valence-electron chi connectivity index (χ3n) is 2.31. The number of nitrogens with one attached hydrogen (secondary N) is 1. The topological polar surface area (TPSA) is 48.2 Å². The van der Waals surface area contributed by atoms with Crippen molar-refractivity contribution in [3.05, 3.63) is 64.7 Å². The highest BCUT2D eigenvalue weighted by atomic mass is 35.5. The van der Waals surface area contributed by atoms with Gasteiger partial charge in [0.1, 0.15) is 0 Å². The second-order valence-electron chi connectivity index (χ2n) is 3.58. The zero-order valence-corrected chi connectivity index (χ0v) is 10.2. The summed E-state index contributed by atoms with van der Waals surface area (Å²) in [4.78, 5) is 0. The van der Waals surface area contributed by atoms with Crippen LogP contribution in [0.25, 0.3) is 0 Å². The van der Waals surface area contributed by atoms with Gasteiger partial charge in [-0.3, -0.25) is 5.43 Å². The quantitative estimate of drug-likeness (QED) is 0.672. The molecule has 0 aliphatic carbocycles. The second-order valence-corrected chi connectivity index (χ2v) is 3.99. The molecule has 18 heavy (non-hydrogen) atoms. The number of nitriles is 1. The number of rotatable bonds is 3. The Morgan fingerprint density at radius 1 is 1.11 bits per heavy atom. The lowest BCUT2D eigenvalue weighted by Crippen LogP contribution is -1.91. The summed E-state index contributed by atoms with van der Waals surface area (Å²) in [5.74, 6) is 0. The van der Waals surface area contributed by atoms with Gasteiger partial charge in [-0.1, -0.05) is 35.9 Å². The van der Waals surface area contributed by atoms with Gasteiger partial charge in [0.2, 0.25) is 0 Å². The van der Waals surface area contributed by atoms with Crippen LogP contribution >= 0.6 is 11.6 Å². The van der Waals surface area contributed by atoms with E-state index >= 15 is 0 Å². The van der Waals surface area contributed by atoms with E-state index in [1.165, 1.54) is 0 Å². The van der Waals surface area contributed by atoms with Gasteiger partial charge in [-0.05, 0) is 29.8 Å². The maximum atomic E-state index is 8.67. The van der Waals surface area contributed by atoms with E-state index in [1.807, 2.05) is 30.3 Å². The molecule has 0 aliphatic rings. The molecule has 0 heterocycles. The van der Waals surface area contributed by atoms with E-state index in [1.54, 1.807) is 24.4 Å². The minimum absolute atomic E-state index is 0.620. The van der Waals surface area contributed by atoms with E-state index in [4.69, 9.17) is 16.9 Å². The maximum Gasteiger partial charge on any atom is 0.0991 e. The van der Waals surface area contributed by atoms with Crippen molar-refractivity contribution >= 4 is 23.5 Å². The molecule has 0 fully saturated rings. The molecule has 2 rings (SSSR count). The fraction of sp³-hybridized carbons (Fsp3) is 0. The Morgan fingerprint density at radius 2 is 1.83 bits per heavy atom. The van der Waals surface area contributed by atoms with Crippen molar-refractivity contribution in [1.29, 1.82) is 5.26 Å². The molecule has 0 unspecified atom stereocenters. The highest BCUT2D eigenvalue weighted by Gasteiger charge is 1.95. The lowest BCUT2D eigenvalue weighted by molar-refractivity contribution is 1.35. The highest BCUT2D eigenvalue weighted by molar-refractivity contribution is 6.33. The average Bonchev–Trinajstić information content (AvgIpc) is 2.42. The van der Waals surface area contributed by atoms with Crippen molar-refractivity contribution in [2.45, 2.75) is 0 Å². The molecule has 4 heteroatoms. The number of para-hydroxylation sites is 1. The Balaban J connectivity index is 2.03. The first-order valence-electron chi connectivity index (χ1n) is 5.33. The smallest absolute Gasteiger partial charge is 0.0991 e. The Labute approximate surface area is 110 Å². The molecule has 0 bridgehead atoms. The molecule has 88 valence electrons. The fourth-order valence-corrected chi connectivity index (χ4v) is 1.55. The molecule has 0 saturated heterocycles. The standard InChI is InChI=1S/C14H10ClN3/c15-13-3-1-2-4-14(13)18-17-10-12-7-5-11(9-16)6-8-12/h1-8,10,18H. The molecule has 0 saturated carbocycles. The lowest BCUT2D eigenvalue weighted by atomic mass is 10.2. The van der Waals surface area contributed by atoms with Crippen LogP contribution in [0.1, 0.15) is 11.1 Å². The van der Waals surface area contributed by atoms with E-state index in [2.05, 4.69) is 16.6 Å². The number of benzene rings is 2. The van der Waals surface area contributed by atoms with Crippen LogP contribution in [-0.4, -0.2) is 6.21 Å². The largest absolute Gasteiger partial charge is 0.277 e. The zero-order chi connectivity index (χ0) is 12.8. The Bertz CT molecular complexity index is 597. The van der Waals surface area contributed by atoms with Crippen molar-refractivity contribution in [2.24, 2.45) is 5.10 Å². The lowest BCUT2D eigenvalue weighted by Gasteiger charge is -2.01.